The van der Waals surface area contributed by atoms with Crippen molar-refractivity contribution in [2.24, 2.45) is 0 Å². The van der Waals surface area contributed by atoms with Gasteiger partial charge >= 0.3 is 12.0 Å². The molecular formula is C11H17N3O3. The fourth-order valence-corrected chi connectivity index (χ4v) is 1.81. The summed E-state index contributed by atoms with van der Waals surface area (Å²) < 4.78 is 10.5. The number of urea groups is 1. The van der Waals surface area contributed by atoms with Gasteiger partial charge in [0.25, 0.3) is 0 Å². The molecule has 0 saturated carbocycles. The highest BCUT2D eigenvalue weighted by molar-refractivity contribution is 5.86. The van der Waals surface area contributed by atoms with Gasteiger partial charge in [-0.15, -0.1) is 0 Å². The van der Waals surface area contributed by atoms with Crippen LogP contribution < -0.4 is 10.6 Å². The number of nitrogens with zero attached hydrogens (tertiary/aromatic N) is 1. The zero-order valence-electron chi connectivity index (χ0n) is 9.65. The van der Waals surface area contributed by atoms with Crippen molar-refractivity contribution in [3.05, 3.63) is 12.5 Å². The number of aromatic nitrogens is 1. The van der Waals surface area contributed by atoms with Crippen LogP contribution in [0.5, 0.6) is 0 Å². The summed E-state index contributed by atoms with van der Waals surface area (Å²) in [5.41, 5.74) is 0. The SMILES string of the molecule is O=C(NCC[C@@H]1CCCCO1)Nc1ncco1. The van der Waals surface area contributed by atoms with Crippen LogP contribution in [0.3, 0.4) is 0 Å². The lowest BCUT2D eigenvalue weighted by molar-refractivity contribution is 0.0120. The Kier molecular flexibility index (Phi) is 4.37. The van der Waals surface area contributed by atoms with Crippen molar-refractivity contribution in [2.75, 3.05) is 18.5 Å². The molecule has 1 aliphatic rings. The molecule has 2 amide bonds. The number of hydrogen-bond donors (Lipinski definition) is 2. The average molecular weight is 239 g/mol. The molecule has 0 spiro atoms. The second-order valence-corrected chi connectivity index (χ2v) is 4.00. The van der Waals surface area contributed by atoms with E-state index < -0.39 is 0 Å². The predicted octanol–water partition coefficient (Wildman–Crippen LogP) is 1.76. The van der Waals surface area contributed by atoms with Crippen LogP contribution in [0.15, 0.2) is 16.9 Å². The van der Waals surface area contributed by atoms with E-state index in [9.17, 15) is 4.79 Å². The van der Waals surface area contributed by atoms with Crippen LogP contribution in [-0.2, 0) is 4.74 Å². The Balaban J connectivity index is 1.59. The Morgan fingerprint density at radius 3 is 3.18 bits per heavy atom. The molecule has 1 fully saturated rings. The summed E-state index contributed by atoms with van der Waals surface area (Å²) in [7, 11) is 0. The summed E-state index contributed by atoms with van der Waals surface area (Å²) in [5.74, 6) is 0. The van der Waals surface area contributed by atoms with Crippen LogP contribution in [0.4, 0.5) is 10.8 Å². The van der Waals surface area contributed by atoms with E-state index in [-0.39, 0.29) is 18.1 Å². The fraction of sp³-hybridized carbons (Fsp3) is 0.636. The third-order valence-electron chi connectivity index (χ3n) is 2.68. The van der Waals surface area contributed by atoms with Gasteiger partial charge in [0.1, 0.15) is 6.26 Å². The van der Waals surface area contributed by atoms with Crippen LogP contribution in [0.25, 0.3) is 0 Å². The number of carbonyl (C=O) groups is 1. The van der Waals surface area contributed by atoms with Gasteiger partial charge in [-0.25, -0.2) is 9.78 Å². The normalized spacial score (nSPS) is 19.9. The first-order valence-electron chi connectivity index (χ1n) is 5.90. The van der Waals surface area contributed by atoms with Gasteiger partial charge in [0.05, 0.1) is 12.3 Å². The minimum atomic E-state index is -0.303. The Bertz CT molecular complexity index is 334. The highest BCUT2D eigenvalue weighted by Crippen LogP contribution is 2.14. The van der Waals surface area contributed by atoms with Crippen LogP contribution >= 0.6 is 0 Å². The highest BCUT2D eigenvalue weighted by atomic mass is 16.5. The third-order valence-corrected chi connectivity index (χ3v) is 2.68. The van der Waals surface area contributed by atoms with E-state index in [0.717, 1.165) is 25.9 Å². The van der Waals surface area contributed by atoms with E-state index in [4.69, 9.17) is 9.15 Å². The molecule has 1 saturated heterocycles. The zero-order valence-corrected chi connectivity index (χ0v) is 9.65. The van der Waals surface area contributed by atoms with E-state index in [1.165, 1.54) is 18.9 Å². The molecule has 2 N–H and O–H groups in total. The topological polar surface area (TPSA) is 76.4 Å². The van der Waals surface area contributed by atoms with Gasteiger partial charge in [-0.1, -0.05) is 0 Å². The number of anilines is 1. The van der Waals surface area contributed by atoms with Gasteiger partial charge in [0.15, 0.2) is 0 Å². The molecule has 2 heterocycles. The van der Waals surface area contributed by atoms with Crippen LogP contribution in [-0.4, -0.2) is 30.3 Å². The molecule has 1 aliphatic heterocycles. The summed E-state index contributed by atoms with van der Waals surface area (Å²) in [4.78, 5) is 15.2. The summed E-state index contributed by atoms with van der Waals surface area (Å²) in [6.45, 7) is 1.43. The number of rotatable bonds is 4. The number of hydrogen-bond acceptors (Lipinski definition) is 4. The second kappa shape index (κ2) is 6.24. The monoisotopic (exact) mass is 239 g/mol. The summed E-state index contributed by atoms with van der Waals surface area (Å²) >= 11 is 0. The van der Waals surface area contributed by atoms with Crippen LogP contribution in [0, 0.1) is 0 Å². The summed E-state index contributed by atoms with van der Waals surface area (Å²) in [6, 6.07) is -0.0975. The Morgan fingerprint density at radius 2 is 2.47 bits per heavy atom. The minimum Gasteiger partial charge on any atom is -0.432 e. The molecule has 1 aromatic heterocycles. The first-order valence-corrected chi connectivity index (χ1v) is 5.90. The molecular weight excluding hydrogens is 222 g/mol. The number of amides is 2. The standard InChI is InChI=1S/C11H17N3O3/c15-10(14-11-13-6-8-17-11)12-5-4-9-3-1-2-7-16-9/h6,8-9H,1-5,7H2,(H2,12,13,14,15)/t9-/m0/s1. The largest absolute Gasteiger partial charge is 0.432 e. The van der Waals surface area contributed by atoms with Crippen molar-refractivity contribution in [3.63, 3.8) is 0 Å². The van der Waals surface area contributed by atoms with E-state index in [2.05, 4.69) is 15.6 Å². The van der Waals surface area contributed by atoms with Gasteiger partial charge in [0, 0.05) is 13.2 Å². The number of nitrogens with one attached hydrogen (secondary N) is 2. The maximum absolute atomic E-state index is 11.4. The molecule has 0 bridgehead atoms. The molecule has 2 rings (SSSR count). The molecule has 94 valence electrons. The minimum absolute atomic E-state index is 0.205. The molecule has 17 heavy (non-hydrogen) atoms. The zero-order chi connectivity index (χ0) is 11.9. The first-order chi connectivity index (χ1) is 8.34. The Hall–Kier alpha value is -1.56. The van der Waals surface area contributed by atoms with E-state index in [0.29, 0.717) is 6.54 Å². The van der Waals surface area contributed by atoms with Gasteiger partial charge in [-0.3, -0.25) is 5.32 Å². The first kappa shape index (κ1) is 11.9. The van der Waals surface area contributed by atoms with Gasteiger partial charge in [-0.05, 0) is 25.7 Å². The van der Waals surface area contributed by atoms with E-state index in [1.807, 2.05) is 0 Å². The lowest BCUT2D eigenvalue weighted by Gasteiger charge is -2.22. The molecule has 6 nitrogen and oxygen atoms in total. The van der Waals surface area contributed by atoms with Gasteiger partial charge < -0.3 is 14.5 Å². The van der Waals surface area contributed by atoms with Crippen molar-refractivity contribution in [2.45, 2.75) is 31.8 Å². The molecule has 0 aliphatic carbocycles. The van der Waals surface area contributed by atoms with Crippen molar-refractivity contribution >= 4 is 12.0 Å². The molecule has 1 aromatic rings. The van der Waals surface area contributed by atoms with Gasteiger partial charge in [0.2, 0.25) is 0 Å². The average Bonchev–Trinajstić information content (AvgIpc) is 2.83. The Labute approximate surface area is 99.7 Å². The predicted molar refractivity (Wildman–Crippen MR) is 61.7 cm³/mol. The van der Waals surface area contributed by atoms with E-state index in [1.54, 1.807) is 0 Å². The van der Waals surface area contributed by atoms with Crippen LogP contribution in [0.2, 0.25) is 0 Å². The molecule has 6 heteroatoms. The molecule has 0 radical (unpaired) electrons. The smallest absolute Gasteiger partial charge is 0.322 e. The summed E-state index contributed by atoms with van der Waals surface area (Å²) in [6.07, 6.45) is 7.46. The lowest BCUT2D eigenvalue weighted by Crippen LogP contribution is -2.32. The van der Waals surface area contributed by atoms with Crippen molar-refractivity contribution in [1.82, 2.24) is 10.3 Å². The quantitative estimate of drug-likeness (QED) is 0.839. The lowest BCUT2D eigenvalue weighted by atomic mass is 10.1. The number of carbonyl (C=O) groups excluding carboxylic acids is 1. The highest BCUT2D eigenvalue weighted by Gasteiger charge is 2.13. The van der Waals surface area contributed by atoms with E-state index >= 15 is 0 Å². The fourth-order valence-electron chi connectivity index (χ4n) is 1.81. The molecule has 0 aromatic carbocycles. The maximum atomic E-state index is 11.4. The van der Waals surface area contributed by atoms with Crippen molar-refractivity contribution < 1.29 is 13.9 Å². The molecule has 0 unspecified atom stereocenters. The number of ether oxygens (including phenoxy) is 1. The Morgan fingerprint density at radius 1 is 1.53 bits per heavy atom. The van der Waals surface area contributed by atoms with Crippen LogP contribution in [0.1, 0.15) is 25.7 Å². The summed E-state index contributed by atoms with van der Waals surface area (Å²) in [5, 5.41) is 5.23. The number of oxazole rings is 1. The van der Waals surface area contributed by atoms with Gasteiger partial charge in [-0.2, -0.15) is 0 Å². The second-order valence-electron chi connectivity index (χ2n) is 4.00. The van der Waals surface area contributed by atoms with Crippen molar-refractivity contribution in [1.29, 1.82) is 0 Å². The molecule has 1 atom stereocenters. The maximum Gasteiger partial charge on any atom is 0.322 e. The van der Waals surface area contributed by atoms with Crippen molar-refractivity contribution in [3.8, 4) is 0 Å². The third kappa shape index (κ3) is 4.07.